The summed E-state index contributed by atoms with van der Waals surface area (Å²) in [6, 6.07) is 4.13. The van der Waals surface area contributed by atoms with Crippen molar-refractivity contribution in [2.45, 2.75) is 18.8 Å². The van der Waals surface area contributed by atoms with Gasteiger partial charge < -0.3 is 21.5 Å². The second-order valence-electron chi connectivity index (χ2n) is 3.75. The van der Waals surface area contributed by atoms with E-state index in [1.165, 1.54) is 12.1 Å². The van der Waals surface area contributed by atoms with Crippen LogP contribution in [0.15, 0.2) is 24.3 Å². The maximum atomic E-state index is 12.0. The Kier molecular flexibility index (Phi) is 5.13. The van der Waals surface area contributed by atoms with Crippen LogP contribution in [-0.4, -0.2) is 24.9 Å². The summed E-state index contributed by atoms with van der Waals surface area (Å²) in [5.74, 6) is -0.938. The Hall–Kier alpha value is -1.80. The quantitative estimate of drug-likeness (QED) is 0.754. The first-order valence-corrected chi connectivity index (χ1v) is 5.44. The average Bonchev–Trinajstić information content (AvgIpc) is 2.27. The molecule has 0 unspecified atom stereocenters. The molecule has 0 spiro atoms. The summed E-state index contributed by atoms with van der Waals surface area (Å²) in [5.41, 5.74) is 10.9. The molecule has 1 aromatic carbocycles. The van der Waals surface area contributed by atoms with E-state index < -0.39 is 24.1 Å². The lowest BCUT2D eigenvalue weighted by atomic mass is 10.2. The number of benzene rings is 1. The minimum atomic E-state index is -4.78. The number of amides is 1. The van der Waals surface area contributed by atoms with Gasteiger partial charge >= 0.3 is 6.36 Å². The number of nitrogens with two attached hydrogens (primary N) is 2. The van der Waals surface area contributed by atoms with E-state index in [1.807, 2.05) is 0 Å². The first-order chi connectivity index (χ1) is 8.81. The van der Waals surface area contributed by atoms with Crippen LogP contribution in [0.2, 0.25) is 0 Å². The number of ether oxygens (including phenoxy) is 1. The van der Waals surface area contributed by atoms with Crippen LogP contribution in [0.4, 0.5) is 18.9 Å². The highest BCUT2D eigenvalue weighted by molar-refractivity contribution is 5.94. The monoisotopic (exact) mass is 277 g/mol. The van der Waals surface area contributed by atoms with E-state index in [1.54, 1.807) is 0 Å². The van der Waals surface area contributed by atoms with E-state index in [4.69, 9.17) is 11.5 Å². The number of hydrogen-bond donors (Lipinski definition) is 3. The number of halogens is 3. The van der Waals surface area contributed by atoms with Gasteiger partial charge in [0.15, 0.2) is 0 Å². The first-order valence-electron chi connectivity index (χ1n) is 5.44. The largest absolute Gasteiger partial charge is 0.573 e. The van der Waals surface area contributed by atoms with Gasteiger partial charge in [-0.1, -0.05) is 6.07 Å². The molecule has 0 saturated carbocycles. The van der Waals surface area contributed by atoms with E-state index in [2.05, 4.69) is 10.1 Å². The van der Waals surface area contributed by atoms with Crippen molar-refractivity contribution in [1.29, 1.82) is 0 Å². The van der Waals surface area contributed by atoms with Crippen molar-refractivity contribution in [3.8, 4) is 5.75 Å². The molecule has 1 amide bonds. The van der Waals surface area contributed by atoms with Crippen molar-refractivity contribution in [1.82, 2.24) is 0 Å². The molecule has 1 aromatic rings. The third-order valence-corrected chi connectivity index (χ3v) is 2.15. The number of anilines is 1. The van der Waals surface area contributed by atoms with Crippen LogP contribution in [0.5, 0.6) is 5.75 Å². The Bertz CT molecular complexity index is 437. The molecule has 0 aromatic heterocycles. The fraction of sp³-hybridized carbons (Fsp3) is 0.364. The number of nitrogens with one attached hydrogen (secondary N) is 1. The SMILES string of the molecule is NCC[C@@H](N)C(=O)Nc1cccc(OC(F)(F)F)c1. The molecule has 106 valence electrons. The molecule has 0 radical (unpaired) electrons. The maximum absolute atomic E-state index is 12.0. The smallest absolute Gasteiger partial charge is 0.406 e. The normalized spacial score (nSPS) is 12.9. The Balaban J connectivity index is 2.69. The number of carbonyl (C=O) groups excluding carboxylic acids is 1. The predicted octanol–water partition coefficient (Wildman–Crippen LogP) is 1.20. The molecule has 1 atom stereocenters. The molecule has 0 bridgehead atoms. The summed E-state index contributed by atoms with van der Waals surface area (Å²) in [7, 11) is 0. The predicted molar refractivity (Wildman–Crippen MR) is 63.4 cm³/mol. The Morgan fingerprint density at radius 2 is 2.11 bits per heavy atom. The zero-order valence-corrected chi connectivity index (χ0v) is 9.91. The highest BCUT2D eigenvalue weighted by Gasteiger charge is 2.31. The lowest BCUT2D eigenvalue weighted by Crippen LogP contribution is -2.37. The van der Waals surface area contributed by atoms with Crippen LogP contribution >= 0.6 is 0 Å². The molecule has 0 aliphatic carbocycles. The third-order valence-electron chi connectivity index (χ3n) is 2.15. The van der Waals surface area contributed by atoms with E-state index in [9.17, 15) is 18.0 Å². The average molecular weight is 277 g/mol. The van der Waals surface area contributed by atoms with Gasteiger partial charge in [0, 0.05) is 11.8 Å². The third kappa shape index (κ3) is 5.58. The van der Waals surface area contributed by atoms with Gasteiger partial charge in [0.05, 0.1) is 6.04 Å². The fourth-order valence-electron chi connectivity index (χ4n) is 1.32. The maximum Gasteiger partial charge on any atom is 0.573 e. The molecular weight excluding hydrogens is 263 g/mol. The molecule has 5 nitrogen and oxygen atoms in total. The second kappa shape index (κ2) is 6.39. The Labute approximate surface area is 107 Å². The zero-order valence-electron chi connectivity index (χ0n) is 9.91. The zero-order chi connectivity index (χ0) is 14.5. The van der Waals surface area contributed by atoms with Crippen LogP contribution in [0.3, 0.4) is 0 Å². The first kappa shape index (κ1) is 15.3. The summed E-state index contributed by atoms with van der Waals surface area (Å²) < 4.78 is 39.8. The van der Waals surface area contributed by atoms with Gasteiger partial charge in [-0.05, 0) is 25.1 Å². The van der Waals surface area contributed by atoms with Crippen molar-refractivity contribution < 1.29 is 22.7 Å². The summed E-state index contributed by atoms with van der Waals surface area (Å²) in [6.45, 7) is 0.242. The Morgan fingerprint density at radius 1 is 1.42 bits per heavy atom. The molecule has 0 heterocycles. The number of rotatable bonds is 5. The summed E-state index contributed by atoms with van der Waals surface area (Å²) >= 11 is 0. The van der Waals surface area contributed by atoms with Gasteiger partial charge in [0.25, 0.3) is 0 Å². The molecule has 0 saturated heterocycles. The lowest BCUT2D eigenvalue weighted by molar-refractivity contribution is -0.274. The number of alkyl halides is 3. The lowest BCUT2D eigenvalue weighted by Gasteiger charge is -2.13. The standard InChI is InChI=1S/C11H14F3N3O2/c12-11(13,14)19-8-3-1-2-7(6-8)17-10(18)9(16)4-5-15/h1-3,6,9H,4-5,15-16H2,(H,17,18)/t9-/m1/s1. The molecule has 0 aliphatic rings. The molecule has 19 heavy (non-hydrogen) atoms. The van der Waals surface area contributed by atoms with Gasteiger partial charge in [0.1, 0.15) is 5.75 Å². The van der Waals surface area contributed by atoms with Crippen molar-refractivity contribution in [3.05, 3.63) is 24.3 Å². The molecular formula is C11H14F3N3O2. The summed E-state index contributed by atoms with van der Waals surface area (Å²) in [4.78, 5) is 11.5. The van der Waals surface area contributed by atoms with Crippen LogP contribution in [0.1, 0.15) is 6.42 Å². The van der Waals surface area contributed by atoms with Gasteiger partial charge in [-0.3, -0.25) is 4.79 Å². The molecule has 8 heteroatoms. The summed E-state index contributed by atoms with van der Waals surface area (Å²) in [5, 5.41) is 2.39. The van der Waals surface area contributed by atoms with E-state index in [0.717, 1.165) is 12.1 Å². The van der Waals surface area contributed by atoms with Gasteiger partial charge in [-0.25, -0.2) is 0 Å². The van der Waals surface area contributed by atoms with Crippen LogP contribution in [0.25, 0.3) is 0 Å². The van der Waals surface area contributed by atoms with E-state index in [-0.39, 0.29) is 18.7 Å². The van der Waals surface area contributed by atoms with Crippen molar-refractivity contribution in [2.24, 2.45) is 11.5 Å². The molecule has 0 fully saturated rings. The topological polar surface area (TPSA) is 90.4 Å². The van der Waals surface area contributed by atoms with Crippen molar-refractivity contribution in [3.63, 3.8) is 0 Å². The van der Waals surface area contributed by atoms with Gasteiger partial charge in [0.2, 0.25) is 5.91 Å². The van der Waals surface area contributed by atoms with Crippen LogP contribution in [0, 0.1) is 0 Å². The molecule has 5 N–H and O–H groups in total. The van der Waals surface area contributed by atoms with Crippen molar-refractivity contribution in [2.75, 3.05) is 11.9 Å². The van der Waals surface area contributed by atoms with Crippen LogP contribution < -0.4 is 21.5 Å². The van der Waals surface area contributed by atoms with E-state index >= 15 is 0 Å². The minimum absolute atomic E-state index is 0.166. The fourth-order valence-corrected chi connectivity index (χ4v) is 1.32. The second-order valence-corrected chi connectivity index (χ2v) is 3.75. The Morgan fingerprint density at radius 3 is 2.68 bits per heavy atom. The van der Waals surface area contributed by atoms with Gasteiger partial charge in [-0.2, -0.15) is 0 Å². The molecule has 1 rings (SSSR count). The molecule has 0 aliphatic heterocycles. The van der Waals surface area contributed by atoms with Gasteiger partial charge in [-0.15, -0.1) is 13.2 Å². The highest BCUT2D eigenvalue weighted by Crippen LogP contribution is 2.25. The number of hydrogen-bond acceptors (Lipinski definition) is 4. The highest BCUT2D eigenvalue weighted by atomic mass is 19.4. The van der Waals surface area contributed by atoms with E-state index in [0.29, 0.717) is 0 Å². The summed E-state index contributed by atoms with van der Waals surface area (Å²) in [6.07, 6.45) is -4.50. The van der Waals surface area contributed by atoms with Crippen LogP contribution in [-0.2, 0) is 4.79 Å². The number of carbonyl (C=O) groups is 1. The van der Waals surface area contributed by atoms with Crippen molar-refractivity contribution >= 4 is 11.6 Å². The minimum Gasteiger partial charge on any atom is -0.406 e.